The first-order valence-corrected chi connectivity index (χ1v) is 11.2. The van der Waals surface area contributed by atoms with Gasteiger partial charge in [0.25, 0.3) is 0 Å². The minimum absolute atomic E-state index is 0.0395. The fraction of sp³-hybridized carbons (Fsp3) is 0.259. The summed E-state index contributed by atoms with van der Waals surface area (Å²) in [4.78, 5) is 7.09. The molecule has 5 rings (SSSR count). The number of hydrogen-bond acceptors (Lipinski definition) is 4. The van der Waals surface area contributed by atoms with E-state index in [1.54, 1.807) is 0 Å². The molecule has 2 atom stereocenters. The lowest BCUT2D eigenvalue weighted by Gasteiger charge is -2.38. The molecule has 162 valence electrons. The molecule has 0 radical (unpaired) electrons. The maximum atomic E-state index is 5.65. The van der Waals surface area contributed by atoms with Gasteiger partial charge in [0.05, 0.1) is 18.5 Å². The van der Waals surface area contributed by atoms with Gasteiger partial charge < -0.3 is 9.32 Å². The average Bonchev–Trinajstić information content (AvgIpc) is 3.45. The van der Waals surface area contributed by atoms with Gasteiger partial charge >= 0.3 is 0 Å². The molecule has 1 aliphatic heterocycles. The molecule has 0 bridgehead atoms. The Morgan fingerprint density at radius 1 is 1.09 bits per heavy atom. The van der Waals surface area contributed by atoms with Crippen molar-refractivity contribution in [3.63, 3.8) is 0 Å². The number of aliphatic imine (C=N–C) groups is 1. The Hall–Kier alpha value is -3.60. The molecule has 1 aliphatic rings. The molecule has 0 spiro atoms. The van der Waals surface area contributed by atoms with Gasteiger partial charge in [0.1, 0.15) is 11.7 Å². The second kappa shape index (κ2) is 8.15. The minimum atomic E-state index is 0.0395. The van der Waals surface area contributed by atoms with Crippen LogP contribution < -0.4 is 0 Å². The molecule has 1 unspecified atom stereocenters. The van der Waals surface area contributed by atoms with E-state index in [4.69, 9.17) is 9.41 Å². The van der Waals surface area contributed by atoms with Crippen molar-refractivity contribution < 1.29 is 4.42 Å². The Bertz CT molecular complexity index is 1330. The van der Waals surface area contributed by atoms with Crippen LogP contribution in [0.5, 0.6) is 0 Å². The lowest BCUT2D eigenvalue weighted by Crippen LogP contribution is -2.34. The first-order chi connectivity index (χ1) is 15.5. The van der Waals surface area contributed by atoms with Crippen LogP contribution in [0.4, 0.5) is 0 Å². The third-order valence-corrected chi connectivity index (χ3v) is 6.35. The van der Waals surface area contributed by atoms with Gasteiger partial charge in [0.15, 0.2) is 0 Å². The second-order valence-corrected chi connectivity index (χ2v) is 8.40. The summed E-state index contributed by atoms with van der Waals surface area (Å²) in [6.07, 6.45) is 9.94. The average molecular weight is 425 g/mol. The molecule has 0 saturated carbocycles. The normalized spacial score (nSPS) is 17.1. The van der Waals surface area contributed by atoms with Crippen LogP contribution in [0.3, 0.4) is 0 Å². The van der Waals surface area contributed by atoms with Crippen molar-refractivity contribution in [1.82, 2.24) is 14.7 Å². The van der Waals surface area contributed by atoms with Crippen molar-refractivity contribution in [2.24, 2.45) is 4.99 Å². The smallest absolute Gasteiger partial charge is 0.134 e. The van der Waals surface area contributed by atoms with E-state index in [-0.39, 0.29) is 12.2 Å². The van der Waals surface area contributed by atoms with Gasteiger partial charge in [-0.25, -0.2) is 0 Å². The highest BCUT2D eigenvalue weighted by Gasteiger charge is 2.26. The van der Waals surface area contributed by atoms with Crippen LogP contribution in [-0.2, 0) is 6.54 Å². The molecular formula is C27H28N4O. The molecule has 4 aromatic rings. The number of rotatable bonds is 5. The molecule has 2 aromatic heterocycles. The fourth-order valence-corrected chi connectivity index (χ4v) is 4.51. The molecule has 5 nitrogen and oxygen atoms in total. The summed E-state index contributed by atoms with van der Waals surface area (Å²) in [5.41, 5.74) is 8.00. The number of furan rings is 1. The lowest BCUT2D eigenvalue weighted by atomic mass is 9.98. The van der Waals surface area contributed by atoms with Crippen LogP contribution in [0.2, 0.25) is 0 Å². The molecule has 0 amide bonds. The number of fused-ring (bicyclic) bond motifs is 1. The summed E-state index contributed by atoms with van der Waals surface area (Å²) >= 11 is 0. The Morgan fingerprint density at radius 3 is 2.78 bits per heavy atom. The van der Waals surface area contributed by atoms with Crippen LogP contribution >= 0.6 is 0 Å². The summed E-state index contributed by atoms with van der Waals surface area (Å²) in [6.45, 7) is 9.46. The number of benzene rings is 2. The Morgan fingerprint density at radius 2 is 1.97 bits per heavy atom. The van der Waals surface area contributed by atoms with Crippen LogP contribution in [0.15, 0.2) is 76.6 Å². The maximum Gasteiger partial charge on any atom is 0.134 e. The standard InChI is InChI=1S/C27H28N4O/c1-5-30-16-24(15-29-30)22-8-6-7-21(13-22)19(3)31-20(4)28-12-11-26(31)23-9-10-27-25(14-23)18(2)17-32-27/h6-17,19-20H,5H2,1-4H3/t19-,20?/m0/s1. The molecule has 0 N–H and O–H groups in total. The first-order valence-electron chi connectivity index (χ1n) is 11.2. The van der Waals surface area contributed by atoms with E-state index in [9.17, 15) is 0 Å². The summed E-state index contributed by atoms with van der Waals surface area (Å²) in [5.74, 6) is 0. The van der Waals surface area contributed by atoms with Crippen LogP contribution in [0.1, 0.15) is 43.5 Å². The van der Waals surface area contributed by atoms with Gasteiger partial charge in [0.2, 0.25) is 0 Å². The molecule has 32 heavy (non-hydrogen) atoms. The van der Waals surface area contributed by atoms with E-state index in [0.29, 0.717) is 0 Å². The van der Waals surface area contributed by atoms with Crippen LogP contribution in [0.25, 0.3) is 27.8 Å². The van der Waals surface area contributed by atoms with E-state index in [0.717, 1.165) is 28.6 Å². The van der Waals surface area contributed by atoms with E-state index in [1.165, 1.54) is 22.4 Å². The molecule has 3 heterocycles. The van der Waals surface area contributed by atoms with Crippen molar-refractivity contribution in [3.8, 4) is 11.1 Å². The summed E-state index contributed by atoms with van der Waals surface area (Å²) < 4.78 is 7.61. The Balaban J connectivity index is 1.51. The zero-order valence-electron chi connectivity index (χ0n) is 19.0. The lowest BCUT2D eigenvalue weighted by molar-refractivity contribution is 0.252. The summed E-state index contributed by atoms with van der Waals surface area (Å²) in [5, 5.41) is 5.59. The van der Waals surface area contributed by atoms with Gasteiger partial charge in [-0.3, -0.25) is 9.67 Å². The molecule has 0 saturated heterocycles. The topological polar surface area (TPSA) is 46.6 Å². The van der Waals surface area contributed by atoms with E-state index in [1.807, 2.05) is 23.4 Å². The zero-order valence-corrected chi connectivity index (χ0v) is 19.0. The molecule has 0 fully saturated rings. The molecule has 2 aromatic carbocycles. The molecule has 0 aliphatic carbocycles. The van der Waals surface area contributed by atoms with E-state index in [2.05, 4.69) is 92.4 Å². The van der Waals surface area contributed by atoms with Crippen molar-refractivity contribution >= 4 is 22.9 Å². The van der Waals surface area contributed by atoms with Gasteiger partial charge in [-0.05, 0) is 80.3 Å². The minimum Gasteiger partial charge on any atom is -0.464 e. The highest BCUT2D eigenvalue weighted by Crippen LogP contribution is 2.36. The Labute approximate surface area is 188 Å². The fourth-order valence-electron chi connectivity index (χ4n) is 4.51. The number of allylic oxidation sites excluding steroid dienone is 1. The number of aromatic nitrogens is 2. The van der Waals surface area contributed by atoms with Gasteiger partial charge in [-0.1, -0.05) is 18.2 Å². The van der Waals surface area contributed by atoms with Crippen molar-refractivity contribution in [2.45, 2.75) is 46.4 Å². The predicted molar refractivity (Wildman–Crippen MR) is 130 cm³/mol. The van der Waals surface area contributed by atoms with Crippen molar-refractivity contribution in [1.29, 1.82) is 0 Å². The second-order valence-electron chi connectivity index (χ2n) is 8.40. The van der Waals surface area contributed by atoms with Gasteiger partial charge in [0, 0.05) is 35.6 Å². The van der Waals surface area contributed by atoms with Gasteiger partial charge in [-0.2, -0.15) is 5.10 Å². The highest BCUT2D eigenvalue weighted by atomic mass is 16.3. The number of hydrogen-bond donors (Lipinski definition) is 0. The van der Waals surface area contributed by atoms with Crippen molar-refractivity contribution in [3.05, 3.63) is 83.9 Å². The summed E-state index contributed by atoms with van der Waals surface area (Å²) in [7, 11) is 0. The number of nitrogens with zero attached hydrogens (tertiary/aromatic N) is 4. The monoisotopic (exact) mass is 424 g/mol. The highest BCUT2D eigenvalue weighted by molar-refractivity contribution is 5.90. The van der Waals surface area contributed by atoms with Crippen molar-refractivity contribution in [2.75, 3.05) is 0 Å². The third-order valence-electron chi connectivity index (χ3n) is 6.35. The molecular weight excluding hydrogens is 396 g/mol. The zero-order chi connectivity index (χ0) is 22.2. The van der Waals surface area contributed by atoms with Crippen LogP contribution in [0, 0.1) is 6.92 Å². The SMILES string of the molecule is CCn1cc(-c2cccc([C@H](C)N3C(c4ccc5occ(C)c5c4)=CC=NC3C)c2)cn1. The van der Waals surface area contributed by atoms with Crippen LogP contribution in [-0.4, -0.2) is 27.1 Å². The van der Waals surface area contributed by atoms with E-state index >= 15 is 0 Å². The quantitative estimate of drug-likeness (QED) is 0.369. The number of aryl methyl sites for hydroxylation is 2. The predicted octanol–water partition coefficient (Wildman–Crippen LogP) is 6.46. The Kier molecular flexibility index (Phi) is 5.17. The molecule has 5 heteroatoms. The largest absolute Gasteiger partial charge is 0.464 e. The summed E-state index contributed by atoms with van der Waals surface area (Å²) in [6, 6.07) is 15.3. The first kappa shape index (κ1) is 20.3. The van der Waals surface area contributed by atoms with E-state index < -0.39 is 0 Å². The van der Waals surface area contributed by atoms with Gasteiger partial charge in [-0.15, -0.1) is 0 Å². The third kappa shape index (κ3) is 3.54. The maximum absolute atomic E-state index is 5.65.